The van der Waals surface area contributed by atoms with E-state index in [1.807, 2.05) is 37.3 Å². The van der Waals surface area contributed by atoms with Crippen LogP contribution in [0.4, 0.5) is 5.69 Å². The molecular formula is C19H22N4O4S. The second-order valence-electron chi connectivity index (χ2n) is 5.52. The number of rotatable bonds is 9. The van der Waals surface area contributed by atoms with Crippen LogP contribution in [-0.4, -0.2) is 29.5 Å². The molecule has 0 aliphatic heterocycles. The number of benzene rings is 2. The summed E-state index contributed by atoms with van der Waals surface area (Å²) < 4.78 is 10.9. The highest BCUT2D eigenvalue weighted by Gasteiger charge is 2.19. The Balaban J connectivity index is 2.08. The van der Waals surface area contributed by atoms with Crippen LogP contribution in [0.1, 0.15) is 25.0 Å². The summed E-state index contributed by atoms with van der Waals surface area (Å²) in [6, 6.07) is 12.6. The maximum Gasteiger partial charge on any atom is 0.311 e. The average molecular weight is 402 g/mol. The zero-order valence-corrected chi connectivity index (χ0v) is 16.5. The van der Waals surface area contributed by atoms with Crippen molar-refractivity contribution in [1.29, 1.82) is 0 Å². The van der Waals surface area contributed by atoms with Crippen molar-refractivity contribution in [3.8, 4) is 11.5 Å². The molecule has 0 aromatic heterocycles. The average Bonchev–Trinajstić information content (AvgIpc) is 2.69. The first-order chi connectivity index (χ1) is 13.5. The molecule has 8 nitrogen and oxygen atoms in total. The standard InChI is InChI=1S/C19H22N4O4S/c1-3-26-17-11-18(27-4-2)16(23(24)25)10-15(17)13-21-22-19(28)20-12-14-8-6-5-7-9-14/h5-11,13H,3-4,12H2,1-2H3,(H2,20,22,28)/b21-13-. The molecule has 0 aliphatic carbocycles. The highest BCUT2D eigenvalue weighted by Crippen LogP contribution is 2.34. The normalized spacial score (nSPS) is 10.5. The molecule has 0 unspecified atom stereocenters. The van der Waals surface area contributed by atoms with Crippen LogP contribution in [0.5, 0.6) is 11.5 Å². The summed E-state index contributed by atoms with van der Waals surface area (Å²) in [5.41, 5.74) is 4.06. The molecule has 0 atom stereocenters. The Morgan fingerprint density at radius 3 is 2.50 bits per heavy atom. The number of nitro benzene ring substituents is 1. The second kappa shape index (κ2) is 10.8. The van der Waals surface area contributed by atoms with Crippen molar-refractivity contribution < 1.29 is 14.4 Å². The van der Waals surface area contributed by atoms with E-state index in [4.69, 9.17) is 21.7 Å². The summed E-state index contributed by atoms with van der Waals surface area (Å²) in [4.78, 5) is 10.8. The lowest BCUT2D eigenvalue weighted by Crippen LogP contribution is -2.31. The van der Waals surface area contributed by atoms with E-state index in [-0.39, 0.29) is 11.4 Å². The van der Waals surface area contributed by atoms with Gasteiger partial charge in [-0.15, -0.1) is 0 Å². The van der Waals surface area contributed by atoms with Crippen molar-refractivity contribution >= 4 is 29.2 Å². The molecule has 148 valence electrons. The lowest BCUT2D eigenvalue weighted by atomic mass is 10.1. The molecule has 0 heterocycles. The van der Waals surface area contributed by atoms with Gasteiger partial charge in [0.15, 0.2) is 5.11 Å². The van der Waals surface area contributed by atoms with Crippen LogP contribution >= 0.6 is 12.2 Å². The van der Waals surface area contributed by atoms with Gasteiger partial charge in [0.25, 0.3) is 0 Å². The largest absolute Gasteiger partial charge is 0.493 e. The molecule has 0 spiro atoms. The van der Waals surface area contributed by atoms with E-state index in [1.165, 1.54) is 18.3 Å². The first-order valence-corrected chi connectivity index (χ1v) is 9.14. The minimum absolute atomic E-state index is 0.154. The SMILES string of the molecule is CCOc1cc(OCC)c([N+](=O)[O-])cc1/C=N\NC(=S)NCc1ccccc1. The molecular weight excluding hydrogens is 380 g/mol. The van der Waals surface area contributed by atoms with Crippen molar-refractivity contribution in [2.24, 2.45) is 5.10 Å². The summed E-state index contributed by atoms with van der Waals surface area (Å²) in [5, 5.41) is 18.7. The van der Waals surface area contributed by atoms with E-state index in [2.05, 4.69) is 15.8 Å². The third-order valence-electron chi connectivity index (χ3n) is 3.55. The molecule has 9 heteroatoms. The lowest BCUT2D eigenvalue weighted by Gasteiger charge is -2.11. The topological polar surface area (TPSA) is 98.0 Å². The molecule has 2 aromatic rings. The number of hydrogen-bond donors (Lipinski definition) is 2. The zero-order valence-electron chi connectivity index (χ0n) is 15.7. The maximum atomic E-state index is 11.3. The number of nitrogens with one attached hydrogen (secondary N) is 2. The lowest BCUT2D eigenvalue weighted by molar-refractivity contribution is -0.385. The van der Waals surface area contributed by atoms with Gasteiger partial charge < -0.3 is 14.8 Å². The minimum atomic E-state index is -0.502. The van der Waals surface area contributed by atoms with Crippen molar-refractivity contribution in [2.75, 3.05) is 13.2 Å². The zero-order chi connectivity index (χ0) is 20.4. The molecule has 0 bridgehead atoms. The summed E-state index contributed by atoms with van der Waals surface area (Å²) in [5.74, 6) is 0.589. The van der Waals surface area contributed by atoms with E-state index < -0.39 is 4.92 Å². The Labute approximate surface area is 168 Å². The molecule has 2 rings (SSSR count). The molecule has 28 heavy (non-hydrogen) atoms. The summed E-state index contributed by atoms with van der Waals surface area (Å²) in [6.45, 7) is 4.84. The van der Waals surface area contributed by atoms with E-state index >= 15 is 0 Å². The van der Waals surface area contributed by atoms with Crippen molar-refractivity contribution in [3.05, 3.63) is 63.7 Å². The van der Waals surface area contributed by atoms with E-state index in [1.54, 1.807) is 6.92 Å². The van der Waals surface area contributed by atoms with Gasteiger partial charge in [-0.1, -0.05) is 30.3 Å². The first kappa shape index (κ1) is 21.1. The van der Waals surface area contributed by atoms with Gasteiger partial charge >= 0.3 is 5.69 Å². The Bertz CT molecular complexity index is 843. The highest BCUT2D eigenvalue weighted by molar-refractivity contribution is 7.80. The first-order valence-electron chi connectivity index (χ1n) is 8.74. The number of hydrazone groups is 1. The monoisotopic (exact) mass is 402 g/mol. The fourth-order valence-corrected chi connectivity index (χ4v) is 2.46. The van der Waals surface area contributed by atoms with Crippen molar-refractivity contribution in [1.82, 2.24) is 10.7 Å². The van der Waals surface area contributed by atoms with Gasteiger partial charge in [-0.05, 0) is 31.6 Å². The summed E-state index contributed by atoms with van der Waals surface area (Å²) >= 11 is 5.18. The van der Waals surface area contributed by atoms with Crippen LogP contribution in [-0.2, 0) is 6.54 Å². The summed E-state index contributed by atoms with van der Waals surface area (Å²) in [6.07, 6.45) is 1.42. The molecule has 0 aliphatic rings. The van der Waals surface area contributed by atoms with Gasteiger partial charge in [-0.25, -0.2) is 0 Å². The molecule has 2 N–H and O–H groups in total. The molecule has 0 amide bonds. The second-order valence-corrected chi connectivity index (χ2v) is 5.93. The Morgan fingerprint density at radius 2 is 1.86 bits per heavy atom. The smallest absolute Gasteiger partial charge is 0.311 e. The third-order valence-corrected chi connectivity index (χ3v) is 3.79. The molecule has 0 saturated heterocycles. The van der Waals surface area contributed by atoms with Gasteiger partial charge in [-0.3, -0.25) is 15.5 Å². The van der Waals surface area contributed by atoms with Crippen molar-refractivity contribution in [2.45, 2.75) is 20.4 Å². The number of nitrogens with zero attached hydrogens (tertiary/aromatic N) is 2. The van der Waals surface area contributed by atoms with Gasteiger partial charge in [0.05, 0.1) is 24.4 Å². The summed E-state index contributed by atoms with van der Waals surface area (Å²) in [7, 11) is 0. The van der Waals surface area contributed by atoms with Crippen LogP contribution in [0.3, 0.4) is 0 Å². The molecule has 0 fully saturated rings. The van der Waals surface area contributed by atoms with Gasteiger partial charge in [0.2, 0.25) is 5.75 Å². The van der Waals surface area contributed by atoms with E-state index in [0.717, 1.165) is 5.56 Å². The maximum absolute atomic E-state index is 11.3. The fraction of sp³-hybridized carbons (Fsp3) is 0.263. The third kappa shape index (κ3) is 6.20. The Hall–Kier alpha value is -3.20. The molecule has 2 aromatic carbocycles. The van der Waals surface area contributed by atoms with Crippen LogP contribution in [0.25, 0.3) is 0 Å². The molecule has 0 radical (unpaired) electrons. The van der Waals surface area contributed by atoms with Gasteiger partial charge in [0.1, 0.15) is 5.75 Å². The minimum Gasteiger partial charge on any atom is -0.493 e. The van der Waals surface area contributed by atoms with E-state index in [9.17, 15) is 10.1 Å². The number of hydrogen-bond acceptors (Lipinski definition) is 6. The van der Waals surface area contributed by atoms with Crippen LogP contribution in [0.15, 0.2) is 47.6 Å². The predicted octanol–water partition coefficient (Wildman–Crippen LogP) is 3.39. The number of nitro groups is 1. The number of ether oxygens (including phenoxy) is 2. The Kier molecular flexibility index (Phi) is 8.16. The van der Waals surface area contributed by atoms with Crippen LogP contribution in [0, 0.1) is 10.1 Å². The van der Waals surface area contributed by atoms with Gasteiger partial charge in [-0.2, -0.15) is 5.10 Å². The molecule has 0 saturated carbocycles. The number of thiocarbonyl (C=S) groups is 1. The highest BCUT2D eigenvalue weighted by atomic mass is 32.1. The van der Waals surface area contributed by atoms with Crippen molar-refractivity contribution in [3.63, 3.8) is 0 Å². The van der Waals surface area contributed by atoms with Crippen LogP contribution in [0.2, 0.25) is 0 Å². The predicted molar refractivity (Wildman–Crippen MR) is 112 cm³/mol. The fourth-order valence-electron chi connectivity index (χ4n) is 2.34. The van der Waals surface area contributed by atoms with E-state index in [0.29, 0.717) is 36.2 Å². The van der Waals surface area contributed by atoms with Crippen LogP contribution < -0.4 is 20.2 Å². The van der Waals surface area contributed by atoms with Gasteiger partial charge in [0, 0.05) is 24.2 Å². The quantitative estimate of drug-likeness (QED) is 0.287. The Morgan fingerprint density at radius 1 is 1.18 bits per heavy atom.